The molecule has 2 atom stereocenters. The van der Waals surface area contributed by atoms with Crippen LogP contribution >= 0.6 is 11.8 Å². The number of hydrogen-bond acceptors (Lipinski definition) is 3. The number of aliphatic carboxylic acids is 1. The summed E-state index contributed by atoms with van der Waals surface area (Å²) in [7, 11) is 0. The van der Waals surface area contributed by atoms with E-state index in [0.29, 0.717) is 17.7 Å². The van der Waals surface area contributed by atoms with Crippen LogP contribution < -0.4 is 5.32 Å². The van der Waals surface area contributed by atoms with Gasteiger partial charge < -0.3 is 10.4 Å². The first-order valence-electron chi connectivity index (χ1n) is 6.81. The molecule has 1 aliphatic rings. The van der Waals surface area contributed by atoms with Gasteiger partial charge in [-0.2, -0.15) is 11.8 Å². The third-order valence-electron chi connectivity index (χ3n) is 3.74. The van der Waals surface area contributed by atoms with E-state index < -0.39 is 11.5 Å². The zero-order valence-corrected chi connectivity index (χ0v) is 12.6. The summed E-state index contributed by atoms with van der Waals surface area (Å²) < 4.78 is 13.7. The molecule has 0 aromatic heterocycles. The number of rotatable bonds is 5. The molecule has 21 heavy (non-hydrogen) atoms. The van der Waals surface area contributed by atoms with Gasteiger partial charge in [-0.15, -0.1) is 0 Å². The van der Waals surface area contributed by atoms with Gasteiger partial charge in [-0.3, -0.25) is 4.79 Å². The summed E-state index contributed by atoms with van der Waals surface area (Å²) >= 11 is 1.51. The minimum Gasteiger partial charge on any atom is -0.479 e. The van der Waals surface area contributed by atoms with Crippen LogP contribution in [0.15, 0.2) is 24.3 Å². The minimum absolute atomic E-state index is 0.0701. The lowest BCUT2D eigenvalue weighted by molar-refractivity contribution is -0.146. The quantitative estimate of drug-likeness (QED) is 0.876. The van der Waals surface area contributed by atoms with Gasteiger partial charge in [0.15, 0.2) is 0 Å². The van der Waals surface area contributed by atoms with Crippen molar-refractivity contribution in [3.05, 3.63) is 35.6 Å². The van der Waals surface area contributed by atoms with E-state index >= 15 is 0 Å². The van der Waals surface area contributed by atoms with Gasteiger partial charge in [0.05, 0.1) is 0 Å². The highest BCUT2D eigenvalue weighted by molar-refractivity contribution is 7.99. The first-order chi connectivity index (χ1) is 9.94. The molecule has 6 heteroatoms. The molecule has 1 aromatic carbocycles. The number of carboxylic acid groups (broad SMARTS) is 1. The van der Waals surface area contributed by atoms with Gasteiger partial charge in [-0.05, 0) is 29.7 Å². The Morgan fingerprint density at radius 2 is 2.19 bits per heavy atom. The van der Waals surface area contributed by atoms with Gasteiger partial charge >= 0.3 is 5.97 Å². The summed E-state index contributed by atoms with van der Waals surface area (Å²) in [6, 6.07) is 6.32. The Morgan fingerprint density at radius 3 is 2.76 bits per heavy atom. The van der Waals surface area contributed by atoms with E-state index in [1.54, 1.807) is 25.1 Å². The largest absolute Gasteiger partial charge is 0.479 e. The van der Waals surface area contributed by atoms with Crippen LogP contribution in [0, 0.1) is 5.82 Å². The van der Waals surface area contributed by atoms with Gasteiger partial charge in [0.1, 0.15) is 11.4 Å². The van der Waals surface area contributed by atoms with Crippen LogP contribution in [-0.2, 0) is 9.59 Å². The first-order valence-corrected chi connectivity index (χ1v) is 7.97. The highest BCUT2D eigenvalue weighted by Gasteiger charge is 2.43. The van der Waals surface area contributed by atoms with Crippen LogP contribution in [0.5, 0.6) is 0 Å². The fraction of sp³-hybridized carbons (Fsp3) is 0.467. The molecule has 2 unspecified atom stereocenters. The van der Waals surface area contributed by atoms with Crippen LogP contribution in [-0.4, -0.2) is 34.0 Å². The monoisotopic (exact) mass is 311 g/mol. The molecule has 0 spiro atoms. The van der Waals surface area contributed by atoms with Crippen molar-refractivity contribution in [2.45, 2.75) is 31.2 Å². The Balaban J connectivity index is 2.01. The molecule has 1 heterocycles. The first kappa shape index (κ1) is 15.8. The molecule has 1 fully saturated rings. The lowest BCUT2D eigenvalue weighted by Gasteiger charge is -2.25. The zero-order chi connectivity index (χ0) is 15.5. The standard InChI is InChI=1S/C15H18FNO3S/c1-10(11-4-2-3-5-12(11)16)8-13(18)17-15(14(19)20)6-7-21-9-15/h2-5,10H,6-9H2,1H3,(H,17,18)(H,19,20). The highest BCUT2D eigenvalue weighted by Crippen LogP contribution is 2.29. The second-order valence-corrected chi connectivity index (χ2v) is 6.47. The third-order valence-corrected chi connectivity index (χ3v) is 4.93. The Bertz CT molecular complexity index is 543. The second-order valence-electron chi connectivity index (χ2n) is 5.36. The third kappa shape index (κ3) is 3.56. The molecular weight excluding hydrogens is 293 g/mol. The van der Waals surface area contributed by atoms with E-state index in [-0.39, 0.29) is 24.1 Å². The number of carbonyl (C=O) groups is 2. The Kier molecular flexibility index (Phi) is 4.88. The van der Waals surface area contributed by atoms with Crippen molar-refractivity contribution in [3.63, 3.8) is 0 Å². The molecule has 0 saturated carbocycles. The summed E-state index contributed by atoms with van der Waals surface area (Å²) in [5, 5.41) is 12.0. The van der Waals surface area contributed by atoms with Gasteiger partial charge in [-0.1, -0.05) is 25.1 Å². The normalized spacial score (nSPS) is 22.8. The zero-order valence-electron chi connectivity index (χ0n) is 11.8. The Hall–Kier alpha value is -1.56. The summed E-state index contributed by atoms with van der Waals surface area (Å²) in [6.07, 6.45) is 0.494. The highest BCUT2D eigenvalue weighted by atomic mass is 32.2. The molecule has 2 N–H and O–H groups in total. The van der Waals surface area contributed by atoms with Crippen LogP contribution in [0.4, 0.5) is 4.39 Å². The van der Waals surface area contributed by atoms with E-state index in [2.05, 4.69) is 5.32 Å². The van der Waals surface area contributed by atoms with Crippen molar-refractivity contribution in [1.82, 2.24) is 5.32 Å². The minimum atomic E-state index is -1.17. The predicted molar refractivity (Wildman–Crippen MR) is 79.9 cm³/mol. The van der Waals surface area contributed by atoms with E-state index in [4.69, 9.17) is 0 Å². The number of carbonyl (C=O) groups excluding carboxylic acids is 1. The summed E-state index contributed by atoms with van der Waals surface area (Å²) in [4.78, 5) is 23.5. The Morgan fingerprint density at radius 1 is 1.48 bits per heavy atom. The van der Waals surface area contributed by atoms with Gasteiger partial charge in [0, 0.05) is 12.2 Å². The van der Waals surface area contributed by atoms with Crippen LogP contribution in [0.2, 0.25) is 0 Å². The van der Waals surface area contributed by atoms with Gasteiger partial charge in [0.2, 0.25) is 5.91 Å². The lowest BCUT2D eigenvalue weighted by Crippen LogP contribution is -2.54. The molecule has 0 radical (unpaired) electrons. The topological polar surface area (TPSA) is 66.4 Å². The maximum absolute atomic E-state index is 13.7. The average molecular weight is 311 g/mol. The van der Waals surface area contributed by atoms with Crippen molar-refractivity contribution in [2.24, 2.45) is 0 Å². The molecule has 1 saturated heterocycles. The molecule has 0 aliphatic carbocycles. The second kappa shape index (κ2) is 6.47. The number of benzene rings is 1. The van der Waals surface area contributed by atoms with E-state index in [9.17, 15) is 19.1 Å². The van der Waals surface area contributed by atoms with Crippen LogP contribution in [0.3, 0.4) is 0 Å². The smallest absolute Gasteiger partial charge is 0.330 e. The molecule has 2 rings (SSSR count). The van der Waals surface area contributed by atoms with E-state index in [0.717, 1.165) is 5.75 Å². The summed E-state index contributed by atoms with van der Waals surface area (Å²) in [5.41, 5.74) is -0.700. The number of halogens is 1. The van der Waals surface area contributed by atoms with Crippen molar-refractivity contribution < 1.29 is 19.1 Å². The van der Waals surface area contributed by atoms with Crippen molar-refractivity contribution in [1.29, 1.82) is 0 Å². The Labute approximate surface area is 127 Å². The van der Waals surface area contributed by atoms with Crippen LogP contribution in [0.1, 0.15) is 31.2 Å². The average Bonchev–Trinajstić information content (AvgIpc) is 2.88. The van der Waals surface area contributed by atoms with Crippen molar-refractivity contribution >= 4 is 23.6 Å². The van der Waals surface area contributed by atoms with Crippen molar-refractivity contribution in [3.8, 4) is 0 Å². The maximum atomic E-state index is 13.7. The van der Waals surface area contributed by atoms with Crippen molar-refractivity contribution in [2.75, 3.05) is 11.5 Å². The predicted octanol–water partition coefficient (Wildman–Crippen LogP) is 2.40. The maximum Gasteiger partial charge on any atom is 0.330 e. The molecule has 1 aliphatic heterocycles. The fourth-order valence-corrected chi connectivity index (χ4v) is 3.79. The molecule has 0 bridgehead atoms. The molecule has 114 valence electrons. The number of carboxylic acids is 1. The molecule has 4 nitrogen and oxygen atoms in total. The summed E-state index contributed by atoms with van der Waals surface area (Å²) in [5.74, 6) is -0.902. The molecule has 1 amide bonds. The summed E-state index contributed by atoms with van der Waals surface area (Å²) in [6.45, 7) is 1.76. The van der Waals surface area contributed by atoms with Gasteiger partial charge in [-0.25, -0.2) is 9.18 Å². The number of amides is 1. The SMILES string of the molecule is CC(CC(=O)NC1(C(=O)O)CCSC1)c1ccccc1F. The van der Waals surface area contributed by atoms with E-state index in [1.165, 1.54) is 17.8 Å². The van der Waals surface area contributed by atoms with E-state index in [1.807, 2.05) is 0 Å². The van der Waals surface area contributed by atoms with Gasteiger partial charge in [0.25, 0.3) is 0 Å². The molecule has 1 aromatic rings. The number of hydrogen-bond donors (Lipinski definition) is 2. The molecular formula is C15H18FNO3S. The number of thioether (sulfide) groups is 1. The lowest BCUT2D eigenvalue weighted by atomic mass is 9.94. The fourth-order valence-electron chi connectivity index (χ4n) is 2.47. The van der Waals surface area contributed by atoms with Crippen LogP contribution in [0.25, 0.3) is 0 Å². The number of nitrogens with one attached hydrogen (secondary N) is 1.